The molecule has 0 radical (unpaired) electrons. The van der Waals surface area contributed by atoms with E-state index in [1.807, 2.05) is 17.7 Å². The molecule has 0 unspecified atom stereocenters. The molecule has 0 aromatic carbocycles. The van der Waals surface area contributed by atoms with E-state index in [1.165, 1.54) is 0 Å². The fraction of sp³-hybridized carbons (Fsp3) is 0.600. The number of nitrogens with zero attached hydrogens (tertiary/aromatic N) is 2. The van der Waals surface area contributed by atoms with Gasteiger partial charge in [-0.3, -0.25) is 0 Å². The summed E-state index contributed by atoms with van der Waals surface area (Å²) in [5.74, 6) is 0.939. The van der Waals surface area contributed by atoms with Gasteiger partial charge in [0, 0.05) is 0 Å². The molecule has 0 bridgehead atoms. The first-order chi connectivity index (χ1) is 4.85. The second kappa shape index (κ2) is 7.14. The van der Waals surface area contributed by atoms with Crippen LogP contribution < -0.4 is 0 Å². The Morgan fingerprint density at radius 1 is 1.30 bits per heavy atom. The summed E-state index contributed by atoms with van der Waals surface area (Å²) in [6.45, 7) is 2.01. The Hall–Kier alpha value is 0.0300. The monoisotopic (exact) mass is 190 g/mol. The minimum atomic E-state index is 0.0556. The Bertz CT molecular complexity index is 141. The van der Waals surface area contributed by atoms with Gasteiger partial charge < -0.3 is 0 Å². The standard InChI is InChI=1S/C5H6N2S3/c1-2-8-5(9-3-6)10-4-7/h5H,2H2,1H3. The maximum atomic E-state index is 8.27. The van der Waals surface area contributed by atoms with Crippen LogP contribution in [0.4, 0.5) is 0 Å². The van der Waals surface area contributed by atoms with Crippen LogP contribution in [0.15, 0.2) is 0 Å². The lowest BCUT2D eigenvalue weighted by Crippen LogP contribution is -1.86. The third-order valence-electron chi connectivity index (χ3n) is 0.601. The van der Waals surface area contributed by atoms with Gasteiger partial charge in [-0.05, 0) is 29.3 Å². The third kappa shape index (κ3) is 4.87. The van der Waals surface area contributed by atoms with Gasteiger partial charge in [-0.15, -0.1) is 11.8 Å². The lowest BCUT2D eigenvalue weighted by Gasteiger charge is -2.02. The summed E-state index contributed by atoms with van der Waals surface area (Å²) in [4.78, 5) is 0. The van der Waals surface area contributed by atoms with Crippen molar-refractivity contribution < 1.29 is 0 Å². The molecule has 0 aromatic rings. The van der Waals surface area contributed by atoms with Gasteiger partial charge in [0.15, 0.2) is 0 Å². The highest BCUT2D eigenvalue weighted by Gasteiger charge is 2.07. The Labute approximate surface area is 73.4 Å². The molecule has 0 amide bonds. The highest BCUT2D eigenvalue weighted by Crippen LogP contribution is 2.32. The molecule has 0 N–H and O–H groups in total. The zero-order valence-corrected chi connectivity index (χ0v) is 7.85. The van der Waals surface area contributed by atoms with Gasteiger partial charge >= 0.3 is 0 Å². The molecule has 0 aliphatic rings. The molecule has 0 aliphatic carbocycles. The average molecular weight is 190 g/mol. The van der Waals surface area contributed by atoms with Crippen LogP contribution in [-0.4, -0.2) is 9.67 Å². The molecule has 5 heteroatoms. The molecule has 0 rings (SSSR count). The molecule has 0 aliphatic heterocycles. The van der Waals surface area contributed by atoms with Crippen LogP contribution in [0.25, 0.3) is 0 Å². The maximum absolute atomic E-state index is 8.27. The second-order valence-electron chi connectivity index (χ2n) is 1.16. The second-order valence-corrected chi connectivity index (χ2v) is 5.22. The van der Waals surface area contributed by atoms with E-state index < -0.39 is 0 Å². The molecule has 54 valence electrons. The third-order valence-corrected chi connectivity index (χ3v) is 3.77. The quantitative estimate of drug-likeness (QED) is 0.503. The van der Waals surface area contributed by atoms with Crippen LogP contribution >= 0.6 is 35.3 Å². The lowest BCUT2D eigenvalue weighted by molar-refractivity contribution is 1.52. The summed E-state index contributed by atoms with van der Waals surface area (Å²) >= 11 is 3.88. The predicted molar refractivity (Wildman–Crippen MR) is 48.3 cm³/mol. The Morgan fingerprint density at radius 3 is 2.10 bits per heavy atom. The van der Waals surface area contributed by atoms with Gasteiger partial charge in [0.2, 0.25) is 0 Å². The van der Waals surface area contributed by atoms with E-state index in [4.69, 9.17) is 10.5 Å². The summed E-state index contributed by atoms with van der Waals surface area (Å²) in [5.41, 5.74) is 0. The van der Waals surface area contributed by atoms with Crippen molar-refractivity contribution in [3.05, 3.63) is 0 Å². The van der Waals surface area contributed by atoms with Gasteiger partial charge in [-0.25, -0.2) is 0 Å². The van der Waals surface area contributed by atoms with Crippen molar-refractivity contribution in [2.45, 2.75) is 10.8 Å². The lowest BCUT2D eigenvalue weighted by atomic mass is 11.0. The van der Waals surface area contributed by atoms with Gasteiger partial charge in [0.1, 0.15) is 14.7 Å². The van der Waals surface area contributed by atoms with E-state index in [1.54, 1.807) is 11.8 Å². The van der Waals surface area contributed by atoms with Crippen molar-refractivity contribution >= 4 is 35.3 Å². The van der Waals surface area contributed by atoms with Crippen molar-refractivity contribution in [3.63, 3.8) is 0 Å². The van der Waals surface area contributed by atoms with Crippen LogP contribution in [-0.2, 0) is 0 Å². The summed E-state index contributed by atoms with van der Waals surface area (Å²) < 4.78 is 0.0556. The van der Waals surface area contributed by atoms with Crippen LogP contribution in [0.5, 0.6) is 0 Å². The van der Waals surface area contributed by atoms with E-state index in [0.717, 1.165) is 29.3 Å². The zero-order chi connectivity index (χ0) is 7.82. The topological polar surface area (TPSA) is 47.6 Å². The van der Waals surface area contributed by atoms with Crippen LogP contribution in [0, 0.1) is 21.3 Å². The summed E-state index contributed by atoms with van der Waals surface area (Å²) in [5, 5.41) is 20.5. The summed E-state index contributed by atoms with van der Waals surface area (Å²) in [6, 6.07) is 0. The number of nitriles is 2. The number of rotatable bonds is 4. The van der Waals surface area contributed by atoms with Crippen LogP contribution in [0.2, 0.25) is 0 Å². The van der Waals surface area contributed by atoms with Crippen molar-refractivity contribution in [1.29, 1.82) is 10.5 Å². The van der Waals surface area contributed by atoms with E-state index in [0.29, 0.717) is 0 Å². The minimum Gasteiger partial charge on any atom is -0.185 e. The van der Waals surface area contributed by atoms with Crippen LogP contribution in [0.1, 0.15) is 6.92 Å². The smallest absolute Gasteiger partial charge is 0.135 e. The number of thiocyanates is 2. The van der Waals surface area contributed by atoms with Crippen LogP contribution in [0.3, 0.4) is 0 Å². The number of hydrogen-bond acceptors (Lipinski definition) is 5. The van der Waals surface area contributed by atoms with E-state index >= 15 is 0 Å². The fourth-order valence-corrected chi connectivity index (χ4v) is 2.83. The summed E-state index contributed by atoms with van der Waals surface area (Å²) in [6.07, 6.45) is 0. The molecular weight excluding hydrogens is 184 g/mol. The fourth-order valence-electron chi connectivity index (χ4n) is 0.314. The van der Waals surface area contributed by atoms with Gasteiger partial charge in [0.25, 0.3) is 0 Å². The van der Waals surface area contributed by atoms with E-state index in [-0.39, 0.29) is 3.91 Å². The van der Waals surface area contributed by atoms with E-state index in [2.05, 4.69) is 0 Å². The average Bonchev–Trinajstić information content (AvgIpc) is 1.90. The molecule has 10 heavy (non-hydrogen) atoms. The Kier molecular flexibility index (Phi) is 7.16. The van der Waals surface area contributed by atoms with Gasteiger partial charge in [-0.2, -0.15) is 10.5 Å². The molecular formula is C5H6N2S3. The SMILES string of the molecule is CCSC(SC#N)SC#N. The first kappa shape index (κ1) is 10.0. The highest BCUT2D eigenvalue weighted by molar-refractivity contribution is 8.34. The Balaban J connectivity index is 3.54. The molecule has 0 saturated heterocycles. The molecule has 0 atom stereocenters. The normalized spacial score (nSPS) is 8.80. The predicted octanol–water partition coefficient (Wildman–Crippen LogP) is 2.45. The van der Waals surface area contributed by atoms with Crippen molar-refractivity contribution in [2.24, 2.45) is 0 Å². The van der Waals surface area contributed by atoms with Gasteiger partial charge in [0.05, 0.1) is 0 Å². The highest BCUT2D eigenvalue weighted by atomic mass is 32.3. The largest absolute Gasteiger partial charge is 0.185 e. The minimum absolute atomic E-state index is 0.0556. The molecule has 0 heterocycles. The maximum Gasteiger partial charge on any atom is 0.135 e. The van der Waals surface area contributed by atoms with Crippen molar-refractivity contribution in [2.75, 3.05) is 5.75 Å². The van der Waals surface area contributed by atoms with Crippen molar-refractivity contribution in [1.82, 2.24) is 0 Å². The molecule has 0 fully saturated rings. The van der Waals surface area contributed by atoms with E-state index in [9.17, 15) is 0 Å². The zero-order valence-electron chi connectivity index (χ0n) is 5.40. The molecule has 0 saturated carbocycles. The van der Waals surface area contributed by atoms with Gasteiger partial charge in [-0.1, -0.05) is 6.92 Å². The summed E-state index contributed by atoms with van der Waals surface area (Å²) in [7, 11) is 0. The molecule has 2 nitrogen and oxygen atoms in total. The van der Waals surface area contributed by atoms with Crippen molar-refractivity contribution in [3.8, 4) is 10.8 Å². The number of hydrogen-bond donors (Lipinski definition) is 0. The first-order valence-corrected chi connectivity index (χ1v) is 5.37. The number of thioether (sulfide) groups is 3. The molecule has 0 spiro atoms. The Morgan fingerprint density at radius 2 is 1.80 bits per heavy atom. The first-order valence-electron chi connectivity index (χ1n) is 2.56. The molecule has 0 aromatic heterocycles.